The lowest BCUT2D eigenvalue weighted by molar-refractivity contribution is 0.259. The minimum Gasteiger partial charge on any atom is -0.495 e. The van der Waals surface area contributed by atoms with Crippen LogP contribution in [0.1, 0.15) is 5.56 Å². The zero-order valence-corrected chi connectivity index (χ0v) is 7.91. The van der Waals surface area contributed by atoms with Crippen LogP contribution >= 0.6 is 0 Å². The molecule has 0 fully saturated rings. The average molecular weight is 195 g/mol. The van der Waals surface area contributed by atoms with Crippen LogP contribution in [0.3, 0.4) is 0 Å². The quantitative estimate of drug-likeness (QED) is 0.661. The van der Waals surface area contributed by atoms with Gasteiger partial charge < -0.3 is 21.5 Å². The number of hydrogen-bond acceptors (Lipinski definition) is 3. The summed E-state index contributed by atoms with van der Waals surface area (Å²) in [6.45, 7) is 0.424. The molecule has 0 radical (unpaired) electrons. The van der Waals surface area contributed by atoms with E-state index < -0.39 is 6.03 Å². The van der Waals surface area contributed by atoms with Crippen molar-refractivity contribution < 1.29 is 9.53 Å². The topological polar surface area (TPSA) is 90.4 Å². The van der Waals surface area contributed by atoms with Crippen LogP contribution in [-0.2, 0) is 6.54 Å². The van der Waals surface area contributed by atoms with E-state index in [1.807, 2.05) is 0 Å². The number of nitrogens with two attached hydrogens (primary N) is 2. The molecule has 5 heteroatoms. The molecule has 76 valence electrons. The Morgan fingerprint density at radius 2 is 2.29 bits per heavy atom. The van der Waals surface area contributed by atoms with Crippen LogP contribution in [0.4, 0.5) is 10.5 Å². The zero-order chi connectivity index (χ0) is 10.6. The number of carbonyl (C=O) groups excluding carboxylic acids is 1. The number of primary amides is 1. The second-order valence-corrected chi connectivity index (χ2v) is 2.73. The van der Waals surface area contributed by atoms with Gasteiger partial charge in [0, 0.05) is 6.54 Å². The van der Waals surface area contributed by atoms with E-state index in [1.54, 1.807) is 18.2 Å². The minimum atomic E-state index is -0.621. The molecule has 0 saturated heterocycles. The highest BCUT2D eigenvalue weighted by Gasteiger charge is 2.04. The van der Waals surface area contributed by atoms with E-state index in [9.17, 15) is 4.79 Å². The second kappa shape index (κ2) is 4.48. The van der Waals surface area contributed by atoms with E-state index in [-0.39, 0.29) is 0 Å². The van der Waals surface area contributed by atoms with Crippen LogP contribution in [0, 0.1) is 0 Å². The van der Waals surface area contributed by atoms with Gasteiger partial charge in [0.25, 0.3) is 0 Å². The summed E-state index contributed by atoms with van der Waals surface area (Å²) in [6, 6.07) is 4.63. The maximum absolute atomic E-state index is 10.6. The predicted octanol–water partition coefficient (Wildman–Crippen LogP) is 0.645. The highest BCUT2D eigenvalue weighted by molar-refractivity contribution is 5.89. The van der Waals surface area contributed by atoms with Crippen molar-refractivity contribution in [3.63, 3.8) is 0 Å². The lowest BCUT2D eigenvalue weighted by atomic mass is 10.2. The van der Waals surface area contributed by atoms with Crippen LogP contribution in [0.25, 0.3) is 0 Å². The maximum Gasteiger partial charge on any atom is 0.316 e. The van der Waals surface area contributed by atoms with Gasteiger partial charge in [-0.1, -0.05) is 6.07 Å². The molecule has 0 aliphatic rings. The first-order valence-corrected chi connectivity index (χ1v) is 4.11. The molecule has 1 aromatic rings. The van der Waals surface area contributed by atoms with Crippen LogP contribution in [-0.4, -0.2) is 13.1 Å². The molecular weight excluding hydrogens is 182 g/mol. The molecule has 2 amide bonds. The first-order valence-electron chi connectivity index (χ1n) is 4.11. The molecule has 0 saturated carbocycles. The number of amides is 2. The Bertz CT molecular complexity index is 339. The summed E-state index contributed by atoms with van der Waals surface area (Å²) in [4.78, 5) is 10.6. The van der Waals surface area contributed by atoms with Gasteiger partial charge in [0.1, 0.15) is 5.75 Å². The molecule has 0 heterocycles. The van der Waals surface area contributed by atoms with Gasteiger partial charge in [0.15, 0.2) is 0 Å². The molecule has 0 aliphatic carbocycles. The number of nitrogens with one attached hydrogen (secondary N) is 1. The number of ether oxygens (including phenoxy) is 1. The molecule has 14 heavy (non-hydrogen) atoms. The molecule has 0 aromatic heterocycles. The average Bonchev–Trinajstić information content (AvgIpc) is 2.17. The highest BCUT2D eigenvalue weighted by Crippen LogP contribution is 2.24. The number of benzene rings is 1. The molecule has 0 unspecified atom stereocenters. The van der Waals surface area contributed by atoms with Crippen molar-refractivity contribution in [2.75, 3.05) is 12.4 Å². The smallest absolute Gasteiger partial charge is 0.316 e. The fourth-order valence-corrected chi connectivity index (χ4v) is 1.10. The normalized spacial score (nSPS) is 9.57. The van der Waals surface area contributed by atoms with Crippen molar-refractivity contribution in [3.05, 3.63) is 23.8 Å². The van der Waals surface area contributed by atoms with Crippen molar-refractivity contribution in [2.24, 2.45) is 11.5 Å². The van der Waals surface area contributed by atoms with Crippen molar-refractivity contribution >= 4 is 11.7 Å². The summed E-state index contributed by atoms with van der Waals surface area (Å²) in [6.07, 6.45) is 0. The number of urea groups is 1. The van der Waals surface area contributed by atoms with Gasteiger partial charge in [-0.15, -0.1) is 0 Å². The number of hydrogen-bond donors (Lipinski definition) is 3. The van der Waals surface area contributed by atoms with Crippen molar-refractivity contribution in [2.45, 2.75) is 6.54 Å². The third kappa shape index (κ3) is 2.37. The Kier molecular flexibility index (Phi) is 3.30. The van der Waals surface area contributed by atoms with Crippen molar-refractivity contribution in [1.82, 2.24) is 0 Å². The van der Waals surface area contributed by atoms with Gasteiger partial charge in [-0.2, -0.15) is 0 Å². The molecule has 0 bridgehead atoms. The SMILES string of the molecule is COc1cc(CN)ccc1NC(N)=O. The number of anilines is 1. The summed E-state index contributed by atoms with van der Waals surface area (Å²) < 4.78 is 5.06. The summed E-state index contributed by atoms with van der Waals surface area (Å²) in [5.74, 6) is 0.548. The largest absolute Gasteiger partial charge is 0.495 e. The summed E-state index contributed by atoms with van der Waals surface area (Å²) in [5.41, 5.74) is 11.9. The predicted molar refractivity (Wildman–Crippen MR) is 54.1 cm³/mol. The summed E-state index contributed by atoms with van der Waals surface area (Å²) >= 11 is 0. The Hall–Kier alpha value is -1.75. The fourth-order valence-electron chi connectivity index (χ4n) is 1.10. The monoisotopic (exact) mass is 195 g/mol. The lowest BCUT2D eigenvalue weighted by Gasteiger charge is -2.09. The van der Waals surface area contributed by atoms with Gasteiger partial charge in [-0.05, 0) is 17.7 Å². The van der Waals surface area contributed by atoms with Gasteiger partial charge in [-0.25, -0.2) is 4.79 Å². The van der Waals surface area contributed by atoms with Crippen LogP contribution in [0.5, 0.6) is 5.75 Å². The van der Waals surface area contributed by atoms with E-state index >= 15 is 0 Å². The van der Waals surface area contributed by atoms with E-state index in [2.05, 4.69) is 5.32 Å². The number of rotatable bonds is 3. The van der Waals surface area contributed by atoms with E-state index in [0.29, 0.717) is 18.0 Å². The van der Waals surface area contributed by atoms with Gasteiger partial charge >= 0.3 is 6.03 Å². The molecular formula is C9H13N3O2. The third-order valence-electron chi connectivity index (χ3n) is 1.76. The molecule has 0 atom stereocenters. The molecule has 0 aliphatic heterocycles. The first kappa shape index (κ1) is 10.3. The molecule has 5 nitrogen and oxygen atoms in total. The van der Waals surface area contributed by atoms with E-state index in [1.165, 1.54) is 7.11 Å². The third-order valence-corrected chi connectivity index (χ3v) is 1.76. The summed E-state index contributed by atoms with van der Waals surface area (Å²) in [5, 5.41) is 2.45. The van der Waals surface area contributed by atoms with Gasteiger partial charge in [0.05, 0.1) is 12.8 Å². The highest BCUT2D eigenvalue weighted by atomic mass is 16.5. The number of methoxy groups -OCH3 is 1. The van der Waals surface area contributed by atoms with Crippen molar-refractivity contribution in [3.8, 4) is 5.75 Å². The molecule has 0 spiro atoms. The van der Waals surface area contributed by atoms with E-state index in [0.717, 1.165) is 5.56 Å². The maximum atomic E-state index is 10.6. The molecule has 5 N–H and O–H groups in total. The molecule has 1 aromatic carbocycles. The minimum absolute atomic E-state index is 0.424. The Labute approximate surface area is 82.0 Å². The van der Waals surface area contributed by atoms with E-state index in [4.69, 9.17) is 16.2 Å². The zero-order valence-electron chi connectivity index (χ0n) is 7.91. The molecule has 1 rings (SSSR count). The Morgan fingerprint density at radius 3 is 2.79 bits per heavy atom. The van der Waals surface area contributed by atoms with Crippen molar-refractivity contribution in [1.29, 1.82) is 0 Å². The van der Waals surface area contributed by atoms with Gasteiger partial charge in [-0.3, -0.25) is 0 Å². The standard InChI is InChI=1S/C9H13N3O2/c1-14-8-4-6(5-10)2-3-7(8)12-9(11)13/h2-4H,5,10H2,1H3,(H3,11,12,13). The van der Waals surface area contributed by atoms with Gasteiger partial charge in [0.2, 0.25) is 0 Å². The van der Waals surface area contributed by atoms with Crippen LogP contribution < -0.4 is 21.5 Å². The number of carbonyl (C=O) groups is 1. The van der Waals surface area contributed by atoms with Crippen LogP contribution in [0.2, 0.25) is 0 Å². The van der Waals surface area contributed by atoms with Crippen LogP contribution in [0.15, 0.2) is 18.2 Å². The first-order chi connectivity index (χ1) is 6.67. The fraction of sp³-hybridized carbons (Fsp3) is 0.222. The Balaban J connectivity index is 2.98. The lowest BCUT2D eigenvalue weighted by Crippen LogP contribution is -2.19. The second-order valence-electron chi connectivity index (χ2n) is 2.73. The summed E-state index contributed by atoms with van der Waals surface area (Å²) in [7, 11) is 1.52. The Morgan fingerprint density at radius 1 is 1.57 bits per heavy atom.